The van der Waals surface area contributed by atoms with Crippen molar-refractivity contribution in [3.8, 4) is 5.75 Å². The predicted molar refractivity (Wildman–Crippen MR) is 76.9 cm³/mol. The third kappa shape index (κ3) is 4.09. The number of aromatic hydroxyl groups is 1. The number of thioether (sulfide) groups is 1. The molecule has 110 valence electrons. The molecule has 0 saturated carbocycles. The molecule has 2 rings (SSSR count). The quantitative estimate of drug-likeness (QED) is 0.785. The van der Waals surface area contributed by atoms with Crippen LogP contribution in [0.4, 0.5) is 4.79 Å². The van der Waals surface area contributed by atoms with Crippen molar-refractivity contribution in [2.24, 2.45) is 0 Å². The Morgan fingerprint density at radius 2 is 1.71 bits per heavy atom. The predicted octanol–water partition coefficient (Wildman–Crippen LogP) is 2.78. The van der Waals surface area contributed by atoms with E-state index in [0.717, 1.165) is 16.7 Å². The second kappa shape index (κ2) is 7.28. The zero-order chi connectivity index (χ0) is 16.2. The summed E-state index contributed by atoms with van der Waals surface area (Å²) in [6.45, 7) is 0. The lowest BCUT2D eigenvalue weighted by Crippen LogP contribution is -2.22. The first kappa shape index (κ1) is 17.3. The summed E-state index contributed by atoms with van der Waals surface area (Å²) in [5.74, 6) is -0.579. The molecule has 21 heavy (non-hydrogen) atoms. The average molecular weight is 348 g/mol. The molecule has 0 radical (unpaired) electrons. The van der Waals surface area contributed by atoms with Crippen LogP contribution in [0, 0.1) is 0 Å². The van der Waals surface area contributed by atoms with E-state index in [1.807, 2.05) is 0 Å². The first-order chi connectivity index (χ1) is 9.81. The number of rotatable bonds is 1. The summed E-state index contributed by atoms with van der Waals surface area (Å²) in [6, 6.07) is 2.93. The Morgan fingerprint density at radius 3 is 2.10 bits per heavy atom. The lowest BCUT2D eigenvalue weighted by Gasteiger charge is -2.03. The lowest BCUT2D eigenvalue weighted by atomic mass is 10.2. The van der Waals surface area contributed by atoms with Crippen LogP contribution >= 0.6 is 35.0 Å². The molecule has 0 aliphatic carbocycles. The third-order valence-corrected chi connectivity index (χ3v) is 3.86. The maximum Gasteiger partial charge on any atom is 0.373 e. The minimum absolute atomic E-state index is 0.0875. The van der Waals surface area contributed by atoms with E-state index in [2.05, 4.69) is 0 Å². The Balaban J connectivity index is 0.000000677. The minimum atomic E-state index is -0.370. The second-order valence-electron chi connectivity index (χ2n) is 3.66. The van der Waals surface area contributed by atoms with Crippen molar-refractivity contribution < 1.29 is 24.3 Å². The molecule has 6 nitrogen and oxygen atoms in total. The summed E-state index contributed by atoms with van der Waals surface area (Å²) in [5.41, 5.74) is 0.543. The molecule has 1 aliphatic rings. The van der Waals surface area contributed by atoms with Gasteiger partial charge in [-0.3, -0.25) is 14.5 Å². The van der Waals surface area contributed by atoms with Gasteiger partial charge in [0.25, 0.3) is 11.1 Å². The van der Waals surface area contributed by atoms with Crippen molar-refractivity contribution in [3.05, 3.63) is 32.6 Å². The summed E-state index contributed by atoms with van der Waals surface area (Å²) in [4.78, 5) is 40.5. The number of benzene rings is 1. The minimum Gasteiger partial charge on any atom is -0.505 e. The zero-order valence-electron chi connectivity index (χ0n) is 10.4. The molecule has 0 atom stereocenters. The van der Waals surface area contributed by atoms with Crippen LogP contribution in [0.25, 0.3) is 6.08 Å². The zero-order valence-corrected chi connectivity index (χ0v) is 12.8. The van der Waals surface area contributed by atoms with Crippen LogP contribution in [0.1, 0.15) is 5.56 Å². The molecule has 1 saturated heterocycles. The van der Waals surface area contributed by atoms with Gasteiger partial charge in [-0.05, 0) is 35.5 Å². The maximum absolute atomic E-state index is 11.7. The van der Waals surface area contributed by atoms with Crippen LogP contribution in [-0.4, -0.2) is 34.4 Å². The molecule has 0 unspecified atom stereocenters. The molecular weight excluding hydrogens is 341 g/mol. The summed E-state index contributed by atoms with van der Waals surface area (Å²) >= 11 is 12.4. The number of likely N-dealkylation sites (N-methyl/N-ethyl adjacent to an activating group) is 1. The van der Waals surface area contributed by atoms with Gasteiger partial charge in [-0.15, -0.1) is 0 Å². The standard InChI is InChI=1S/C11H7Cl2NO3S.CO2/c1-14-10(16)8(18-11(14)17)4-5-2-6(12)9(15)7(13)3-5;2-1-3/h2-4,15H,1H3;/b8-4-;. The normalized spacial score (nSPS) is 15.8. The number of carbonyl (C=O) groups excluding carboxylic acids is 4. The molecule has 1 heterocycles. The molecule has 0 bridgehead atoms. The van der Waals surface area contributed by atoms with Gasteiger partial charge in [0, 0.05) is 7.05 Å². The summed E-state index contributed by atoms with van der Waals surface area (Å²) in [5, 5.41) is 9.25. The molecule has 1 aromatic rings. The molecule has 1 aromatic carbocycles. The number of imide groups is 1. The van der Waals surface area contributed by atoms with E-state index in [9.17, 15) is 14.7 Å². The van der Waals surface area contributed by atoms with Crippen molar-refractivity contribution in [1.82, 2.24) is 4.90 Å². The highest BCUT2D eigenvalue weighted by Crippen LogP contribution is 2.36. The van der Waals surface area contributed by atoms with E-state index < -0.39 is 0 Å². The van der Waals surface area contributed by atoms with Gasteiger partial charge in [0.1, 0.15) is 0 Å². The van der Waals surface area contributed by atoms with Gasteiger partial charge in [0.2, 0.25) is 0 Å². The topological polar surface area (TPSA) is 91.8 Å². The van der Waals surface area contributed by atoms with Crippen LogP contribution in [0.15, 0.2) is 17.0 Å². The Bertz CT molecular complexity index is 645. The lowest BCUT2D eigenvalue weighted by molar-refractivity contribution is -0.191. The highest BCUT2D eigenvalue weighted by Gasteiger charge is 2.31. The van der Waals surface area contributed by atoms with Crippen molar-refractivity contribution in [2.45, 2.75) is 0 Å². The SMILES string of the molecule is CN1C(=O)S/C(=C\c2cc(Cl)c(O)c(Cl)c2)C1=O.O=C=O. The van der Waals surface area contributed by atoms with Crippen LogP contribution in [0.5, 0.6) is 5.75 Å². The van der Waals surface area contributed by atoms with Crippen LogP contribution in [-0.2, 0) is 14.4 Å². The number of halogens is 2. The smallest absolute Gasteiger partial charge is 0.373 e. The summed E-state index contributed by atoms with van der Waals surface area (Å²) in [6.07, 6.45) is 1.76. The number of amides is 2. The highest BCUT2D eigenvalue weighted by atomic mass is 35.5. The fourth-order valence-corrected chi connectivity index (χ4v) is 2.70. The molecule has 2 amide bonds. The molecule has 0 spiro atoms. The van der Waals surface area contributed by atoms with E-state index in [1.54, 1.807) is 0 Å². The van der Waals surface area contributed by atoms with Gasteiger partial charge in [0.05, 0.1) is 15.0 Å². The van der Waals surface area contributed by atoms with Gasteiger partial charge < -0.3 is 5.11 Å². The van der Waals surface area contributed by atoms with Gasteiger partial charge in [-0.25, -0.2) is 0 Å². The Labute approximate surface area is 133 Å². The highest BCUT2D eigenvalue weighted by molar-refractivity contribution is 8.18. The fourth-order valence-electron chi connectivity index (χ4n) is 1.37. The number of hydrogen-bond donors (Lipinski definition) is 1. The van der Waals surface area contributed by atoms with Gasteiger partial charge in [0.15, 0.2) is 5.75 Å². The number of phenols is 1. The molecule has 9 heteroatoms. The second-order valence-corrected chi connectivity index (χ2v) is 5.46. The largest absolute Gasteiger partial charge is 0.505 e. The first-order valence-electron chi connectivity index (χ1n) is 5.20. The Kier molecular flexibility index (Phi) is 5.99. The molecule has 0 aromatic heterocycles. The third-order valence-electron chi connectivity index (χ3n) is 2.32. The number of hydrogen-bond acceptors (Lipinski definition) is 6. The van der Waals surface area contributed by atoms with E-state index in [-0.39, 0.29) is 33.1 Å². The van der Waals surface area contributed by atoms with E-state index in [4.69, 9.17) is 32.8 Å². The Hall–Kier alpha value is -1.79. The van der Waals surface area contributed by atoms with Gasteiger partial charge in [-0.1, -0.05) is 23.2 Å². The maximum atomic E-state index is 11.7. The molecule has 1 fully saturated rings. The van der Waals surface area contributed by atoms with Crippen molar-refractivity contribution in [2.75, 3.05) is 7.05 Å². The van der Waals surface area contributed by atoms with Crippen LogP contribution in [0.2, 0.25) is 10.0 Å². The molecule has 1 aliphatic heterocycles. The summed E-state index contributed by atoms with van der Waals surface area (Å²) < 4.78 is 0. The molecular formula is C12H7Cl2NO5S. The number of nitrogens with zero attached hydrogens (tertiary/aromatic N) is 1. The number of carbonyl (C=O) groups is 2. The monoisotopic (exact) mass is 347 g/mol. The average Bonchev–Trinajstić information content (AvgIpc) is 2.64. The number of phenolic OH excluding ortho intramolecular Hbond substituents is 1. The first-order valence-corrected chi connectivity index (χ1v) is 6.78. The van der Waals surface area contributed by atoms with Gasteiger partial charge >= 0.3 is 6.15 Å². The van der Waals surface area contributed by atoms with Crippen molar-refractivity contribution in [3.63, 3.8) is 0 Å². The molecule has 1 N–H and O–H groups in total. The van der Waals surface area contributed by atoms with Crippen LogP contribution < -0.4 is 0 Å². The van der Waals surface area contributed by atoms with E-state index in [0.29, 0.717) is 10.5 Å². The fraction of sp³-hybridized carbons (Fsp3) is 0.0833. The summed E-state index contributed by atoms with van der Waals surface area (Å²) in [7, 11) is 1.41. The van der Waals surface area contributed by atoms with E-state index >= 15 is 0 Å². The van der Waals surface area contributed by atoms with Crippen LogP contribution in [0.3, 0.4) is 0 Å². The van der Waals surface area contributed by atoms with Crippen molar-refractivity contribution in [1.29, 1.82) is 0 Å². The van der Waals surface area contributed by atoms with Gasteiger partial charge in [-0.2, -0.15) is 9.59 Å². The van der Waals surface area contributed by atoms with E-state index in [1.165, 1.54) is 25.3 Å². The Morgan fingerprint density at radius 1 is 1.24 bits per heavy atom. The van der Waals surface area contributed by atoms with Crippen molar-refractivity contribution >= 4 is 58.3 Å².